The summed E-state index contributed by atoms with van der Waals surface area (Å²) in [5.74, 6) is 2.46. The number of ether oxygens (including phenoxy) is 2. The first-order valence-corrected chi connectivity index (χ1v) is 10.2. The first-order valence-electron chi connectivity index (χ1n) is 10.2. The van der Waals surface area contributed by atoms with E-state index in [2.05, 4.69) is 24.3 Å². The van der Waals surface area contributed by atoms with Crippen LogP contribution in [-0.2, 0) is 9.47 Å². The summed E-state index contributed by atoms with van der Waals surface area (Å²) in [6.45, 7) is 1.63. The van der Waals surface area contributed by atoms with Crippen LogP contribution in [0.1, 0.15) is 83.5 Å². The van der Waals surface area contributed by atoms with E-state index in [0.717, 1.165) is 38.9 Å². The fraction of sp³-hybridized carbons (Fsp3) is 0.727. The molecule has 0 aromatic carbocycles. The summed E-state index contributed by atoms with van der Waals surface area (Å²) in [5.41, 5.74) is 0.162. The van der Waals surface area contributed by atoms with E-state index in [1.54, 1.807) is 0 Å². The monoisotopic (exact) mass is 330 g/mol. The molecule has 0 fully saturated rings. The number of rotatable bonds is 6. The van der Waals surface area contributed by atoms with Gasteiger partial charge in [0.2, 0.25) is 0 Å². The van der Waals surface area contributed by atoms with Crippen LogP contribution in [0.4, 0.5) is 0 Å². The van der Waals surface area contributed by atoms with E-state index < -0.39 is 0 Å². The van der Waals surface area contributed by atoms with Crippen LogP contribution in [0, 0.1) is 5.41 Å². The molecule has 2 heteroatoms. The second-order valence-corrected chi connectivity index (χ2v) is 7.83. The lowest BCUT2D eigenvalue weighted by molar-refractivity contribution is 0.00997. The van der Waals surface area contributed by atoms with E-state index >= 15 is 0 Å². The van der Waals surface area contributed by atoms with E-state index in [9.17, 15) is 0 Å². The largest absolute Gasteiger partial charge is 0.498 e. The molecule has 0 aromatic rings. The Morgan fingerprint density at radius 1 is 0.708 bits per heavy atom. The molecule has 3 aliphatic carbocycles. The third kappa shape index (κ3) is 5.43. The lowest BCUT2D eigenvalue weighted by atomic mass is 9.78. The summed E-state index contributed by atoms with van der Waals surface area (Å²) < 4.78 is 12.6. The highest BCUT2D eigenvalue weighted by Gasteiger charge is 2.33. The summed E-state index contributed by atoms with van der Waals surface area (Å²) in [4.78, 5) is 0. The van der Waals surface area contributed by atoms with Crippen molar-refractivity contribution in [1.29, 1.82) is 0 Å². The smallest absolute Gasteiger partial charge is 0.0969 e. The Morgan fingerprint density at radius 3 is 1.88 bits per heavy atom. The lowest BCUT2D eigenvalue weighted by Crippen LogP contribution is -2.33. The molecule has 0 saturated carbocycles. The van der Waals surface area contributed by atoms with Crippen molar-refractivity contribution in [2.45, 2.75) is 83.5 Å². The lowest BCUT2D eigenvalue weighted by Gasteiger charge is -2.35. The molecule has 3 aliphatic rings. The molecule has 0 N–H and O–H groups in total. The second kappa shape index (κ2) is 9.34. The molecule has 0 heterocycles. The van der Waals surface area contributed by atoms with Gasteiger partial charge in [-0.25, -0.2) is 0 Å². The van der Waals surface area contributed by atoms with Gasteiger partial charge in [-0.3, -0.25) is 0 Å². The van der Waals surface area contributed by atoms with Crippen LogP contribution in [-0.4, -0.2) is 13.2 Å². The predicted molar refractivity (Wildman–Crippen MR) is 99.7 cm³/mol. The Morgan fingerprint density at radius 2 is 1.33 bits per heavy atom. The summed E-state index contributed by atoms with van der Waals surface area (Å²) in [6, 6.07) is 0. The van der Waals surface area contributed by atoms with E-state index in [1.165, 1.54) is 69.3 Å². The molecule has 2 nitrogen and oxygen atoms in total. The highest BCUT2D eigenvalue weighted by Crippen LogP contribution is 2.36. The molecule has 0 radical (unpaired) electrons. The molecule has 0 saturated heterocycles. The van der Waals surface area contributed by atoms with Gasteiger partial charge >= 0.3 is 0 Å². The summed E-state index contributed by atoms with van der Waals surface area (Å²) >= 11 is 0. The Kier molecular flexibility index (Phi) is 6.86. The predicted octanol–water partition coefficient (Wildman–Crippen LogP) is 6.44. The third-order valence-corrected chi connectivity index (χ3v) is 5.68. The normalized spacial score (nSPS) is 24.3. The molecule has 0 unspecified atom stereocenters. The maximum atomic E-state index is 6.30. The summed E-state index contributed by atoms with van der Waals surface area (Å²) in [7, 11) is 0. The van der Waals surface area contributed by atoms with Crippen LogP contribution < -0.4 is 0 Å². The van der Waals surface area contributed by atoms with E-state index in [-0.39, 0.29) is 5.41 Å². The highest BCUT2D eigenvalue weighted by molar-refractivity contribution is 5.02. The van der Waals surface area contributed by atoms with Crippen LogP contribution in [0.15, 0.2) is 35.8 Å². The first kappa shape index (κ1) is 17.6. The molecular formula is C22H34O2. The van der Waals surface area contributed by atoms with Gasteiger partial charge in [0.25, 0.3) is 0 Å². The molecule has 0 aliphatic heterocycles. The average molecular weight is 331 g/mol. The summed E-state index contributed by atoms with van der Waals surface area (Å²) in [6.07, 6.45) is 25.2. The molecule has 134 valence electrons. The van der Waals surface area contributed by atoms with Crippen LogP contribution in [0.25, 0.3) is 0 Å². The van der Waals surface area contributed by atoms with Crippen molar-refractivity contribution in [3.63, 3.8) is 0 Å². The molecule has 24 heavy (non-hydrogen) atoms. The van der Waals surface area contributed by atoms with Crippen molar-refractivity contribution in [3.05, 3.63) is 35.8 Å². The zero-order valence-corrected chi connectivity index (χ0v) is 15.2. The van der Waals surface area contributed by atoms with E-state index in [4.69, 9.17) is 9.47 Å². The zero-order chi connectivity index (χ0) is 16.5. The first-order chi connectivity index (χ1) is 11.9. The fourth-order valence-corrected chi connectivity index (χ4v) is 3.97. The minimum Gasteiger partial charge on any atom is -0.498 e. The van der Waals surface area contributed by atoms with Gasteiger partial charge in [0.15, 0.2) is 0 Å². The molecule has 3 rings (SSSR count). The molecular weight excluding hydrogens is 296 g/mol. The van der Waals surface area contributed by atoms with E-state index in [1.807, 2.05) is 0 Å². The average Bonchev–Trinajstić information content (AvgIpc) is 3.04. The molecule has 0 atom stereocenters. The fourth-order valence-electron chi connectivity index (χ4n) is 3.97. The van der Waals surface area contributed by atoms with Gasteiger partial charge in [0.1, 0.15) is 0 Å². The van der Waals surface area contributed by atoms with Gasteiger partial charge in [-0.1, -0.05) is 25.0 Å². The highest BCUT2D eigenvalue weighted by atomic mass is 16.5. The SMILES string of the molecule is C1=CCC(COC2=CCCCCC2)(COC2=CCCCCC2)CC1. The van der Waals surface area contributed by atoms with Crippen molar-refractivity contribution in [1.82, 2.24) is 0 Å². The Bertz CT molecular complexity index is 440. The van der Waals surface area contributed by atoms with Crippen molar-refractivity contribution >= 4 is 0 Å². The quantitative estimate of drug-likeness (QED) is 0.522. The minimum atomic E-state index is 0.162. The van der Waals surface area contributed by atoms with E-state index in [0.29, 0.717) is 0 Å². The number of hydrogen-bond donors (Lipinski definition) is 0. The molecule has 0 spiro atoms. The van der Waals surface area contributed by atoms with Crippen molar-refractivity contribution in [2.24, 2.45) is 5.41 Å². The second-order valence-electron chi connectivity index (χ2n) is 7.83. The van der Waals surface area contributed by atoms with Crippen molar-refractivity contribution in [3.8, 4) is 0 Å². The molecule has 0 amide bonds. The Labute approximate surface area is 148 Å². The van der Waals surface area contributed by atoms with Gasteiger partial charge < -0.3 is 9.47 Å². The van der Waals surface area contributed by atoms with Gasteiger partial charge in [-0.05, 0) is 69.9 Å². The third-order valence-electron chi connectivity index (χ3n) is 5.68. The summed E-state index contributed by atoms with van der Waals surface area (Å²) in [5, 5.41) is 0. The number of allylic oxidation sites excluding steroid dienone is 6. The number of hydrogen-bond acceptors (Lipinski definition) is 2. The van der Waals surface area contributed by atoms with Gasteiger partial charge in [0.05, 0.1) is 24.7 Å². The topological polar surface area (TPSA) is 18.5 Å². The van der Waals surface area contributed by atoms with Gasteiger partial charge in [-0.2, -0.15) is 0 Å². The maximum Gasteiger partial charge on any atom is 0.0969 e. The van der Waals surface area contributed by atoms with Crippen LogP contribution in [0.3, 0.4) is 0 Å². The van der Waals surface area contributed by atoms with Crippen molar-refractivity contribution in [2.75, 3.05) is 13.2 Å². The van der Waals surface area contributed by atoms with Crippen LogP contribution in [0.2, 0.25) is 0 Å². The van der Waals surface area contributed by atoms with Gasteiger partial charge in [0, 0.05) is 18.3 Å². The minimum absolute atomic E-state index is 0.162. The van der Waals surface area contributed by atoms with Crippen LogP contribution >= 0.6 is 0 Å². The zero-order valence-electron chi connectivity index (χ0n) is 15.2. The van der Waals surface area contributed by atoms with Gasteiger partial charge in [-0.15, -0.1) is 0 Å². The van der Waals surface area contributed by atoms with Crippen molar-refractivity contribution < 1.29 is 9.47 Å². The Hall–Kier alpha value is -1.18. The Balaban J connectivity index is 1.56. The molecule has 0 bridgehead atoms. The maximum absolute atomic E-state index is 6.30. The standard InChI is InChI=1S/C22H34O2/c1-2-7-13-20(12-6-1)23-18-22(16-10-5-11-17-22)19-24-21-14-8-3-4-9-15-21/h5,10,12,14H,1-4,6-9,11,13,15-19H2. The molecule has 0 aromatic heterocycles. The van der Waals surface area contributed by atoms with Crippen LogP contribution in [0.5, 0.6) is 0 Å².